The zero-order valence-electron chi connectivity index (χ0n) is 9.66. The van der Waals surface area contributed by atoms with Gasteiger partial charge in [0.25, 0.3) is 0 Å². The average molecular weight is 204 g/mol. The molecule has 1 heterocycles. The van der Waals surface area contributed by atoms with Gasteiger partial charge in [-0.15, -0.1) is 5.10 Å². The molecule has 3 nitrogen and oxygen atoms in total. The Morgan fingerprint density at radius 2 is 2.00 bits per heavy atom. The van der Waals surface area contributed by atoms with Gasteiger partial charge in [0.15, 0.2) is 0 Å². The van der Waals surface area contributed by atoms with Crippen LogP contribution in [0.3, 0.4) is 0 Å². The fourth-order valence-electron chi connectivity index (χ4n) is 0.998. The van der Waals surface area contributed by atoms with Crippen molar-refractivity contribution in [2.24, 2.45) is 0 Å². The minimum Gasteiger partial charge on any atom is -0.372 e. The molecule has 0 radical (unpaired) electrons. The van der Waals surface area contributed by atoms with Gasteiger partial charge in [-0.2, -0.15) is 5.10 Å². The van der Waals surface area contributed by atoms with E-state index >= 15 is 0 Å². The van der Waals surface area contributed by atoms with Crippen molar-refractivity contribution in [2.75, 3.05) is 13.7 Å². The van der Waals surface area contributed by atoms with Crippen molar-refractivity contribution >= 4 is 0 Å². The van der Waals surface area contributed by atoms with Gasteiger partial charge in [-0.3, -0.25) is 0 Å². The lowest BCUT2D eigenvalue weighted by molar-refractivity contribution is 0.240. The van der Waals surface area contributed by atoms with Crippen LogP contribution < -0.4 is 0 Å². The quantitative estimate of drug-likeness (QED) is 0.654. The number of nitrogens with zero attached hydrogens (tertiary/aromatic N) is 2. The van der Waals surface area contributed by atoms with E-state index in [0.29, 0.717) is 12.3 Å². The molecule has 0 unspecified atom stereocenters. The van der Waals surface area contributed by atoms with Crippen LogP contribution in [0.4, 0.5) is 0 Å². The molecule has 0 amide bonds. The van der Waals surface area contributed by atoms with E-state index in [4.69, 9.17) is 4.74 Å². The monoisotopic (exact) mass is 204 g/mol. The summed E-state index contributed by atoms with van der Waals surface area (Å²) < 4.78 is 4.82. The third-order valence-corrected chi connectivity index (χ3v) is 1.87. The van der Waals surface area contributed by atoms with E-state index in [2.05, 4.69) is 42.8 Å². The topological polar surface area (TPSA) is 35.0 Å². The Kier molecular flexibility index (Phi) is 3.81. The van der Waals surface area contributed by atoms with Crippen molar-refractivity contribution in [2.45, 2.75) is 26.2 Å². The van der Waals surface area contributed by atoms with Crippen molar-refractivity contribution in [3.63, 3.8) is 0 Å². The van der Waals surface area contributed by atoms with Crippen molar-refractivity contribution in [3.05, 3.63) is 23.5 Å². The van der Waals surface area contributed by atoms with Gasteiger partial charge in [-0.05, 0) is 18.1 Å². The lowest BCUT2D eigenvalue weighted by Crippen LogP contribution is -2.14. The Hall–Kier alpha value is -1.40. The van der Waals surface area contributed by atoms with E-state index in [-0.39, 0.29) is 5.41 Å². The molecular formula is C12H16N2O. The van der Waals surface area contributed by atoms with Gasteiger partial charge in [0.05, 0.1) is 5.69 Å². The van der Waals surface area contributed by atoms with Crippen LogP contribution in [0.25, 0.3) is 0 Å². The SMILES string of the molecule is COCC#Cc1ccc(C(C)(C)C)nn1. The summed E-state index contributed by atoms with van der Waals surface area (Å²) in [5.41, 5.74) is 1.69. The van der Waals surface area contributed by atoms with E-state index in [9.17, 15) is 0 Å². The number of hydrogen-bond donors (Lipinski definition) is 0. The van der Waals surface area contributed by atoms with E-state index in [1.54, 1.807) is 7.11 Å². The zero-order valence-corrected chi connectivity index (χ0v) is 9.66. The van der Waals surface area contributed by atoms with Crippen LogP contribution in [0.15, 0.2) is 12.1 Å². The summed E-state index contributed by atoms with van der Waals surface area (Å²) in [5, 5.41) is 8.17. The zero-order chi connectivity index (χ0) is 11.3. The number of methoxy groups -OCH3 is 1. The van der Waals surface area contributed by atoms with Crippen molar-refractivity contribution in [1.82, 2.24) is 10.2 Å². The van der Waals surface area contributed by atoms with Crippen LogP contribution in [0.1, 0.15) is 32.2 Å². The molecule has 0 N–H and O–H groups in total. The predicted octanol–water partition coefficient (Wildman–Crippen LogP) is 1.77. The van der Waals surface area contributed by atoms with Gasteiger partial charge in [-0.25, -0.2) is 0 Å². The molecule has 0 aliphatic carbocycles. The third kappa shape index (κ3) is 3.69. The summed E-state index contributed by atoms with van der Waals surface area (Å²) in [4.78, 5) is 0. The molecule has 15 heavy (non-hydrogen) atoms. The molecule has 0 aromatic carbocycles. The second kappa shape index (κ2) is 4.90. The summed E-state index contributed by atoms with van der Waals surface area (Å²) in [6, 6.07) is 3.85. The van der Waals surface area contributed by atoms with E-state index in [0.717, 1.165) is 5.69 Å². The van der Waals surface area contributed by atoms with Crippen LogP contribution in [0.5, 0.6) is 0 Å². The van der Waals surface area contributed by atoms with E-state index in [1.165, 1.54) is 0 Å². The number of hydrogen-bond acceptors (Lipinski definition) is 3. The first-order valence-electron chi connectivity index (χ1n) is 4.86. The molecule has 80 valence electrons. The molecule has 3 heteroatoms. The Bertz CT molecular complexity index is 365. The largest absolute Gasteiger partial charge is 0.372 e. The molecule has 1 aromatic rings. The van der Waals surface area contributed by atoms with E-state index < -0.39 is 0 Å². The Morgan fingerprint density at radius 1 is 1.27 bits per heavy atom. The highest BCUT2D eigenvalue weighted by atomic mass is 16.5. The van der Waals surface area contributed by atoms with E-state index in [1.807, 2.05) is 12.1 Å². The minimum atomic E-state index is 0.0332. The summed E-state index contributed by atoms with van der Waals surface area (Å²) >= 11 is 0. The standard InChI is InChI=1S/C12H16N2O/c1-12(2,3)11-8-7-10(13-14-11)6-5-9-15-4/h7-8H,9H2,1-4H3. The maximum atomic E-state index is 4.82. The van der Waals surface area contributed by atoms with Crippen LogP contribution in [-0.4, -0.2) is 23.9 Å². The van der Waals surface area contributed by atoms with Crippen molar-refractivity contribution in [3.8, 4) is 11.8 Å². The van der Waals surface area contributed by atoms with Crippen LogP contribution in [0, 0.1) is 11.8 Å². The molecule has 0 saturated carbocycles. The Labute approximate surface area is 90.9 Å². The summed E-state index contributed by atoms with van der Waals surface area (Å²) in [6.07, 6.45) is 0. The van der Waals surface area contributed by atoms with Gasteiger partial charge in [0.1, 0.15) is 12.3 Å². The molecule has 0 bridgehead atoms. The first-order chi connectivity index (χ1) is 7.04. The molecule has 0 atom stereocenters. The highest BCUT2D eigenvalue weighted by Gasteiger charge is 2.15. The smallest absolute Gasteiger partial charge is 0.135 e. The molecule has 1 rings (SSSR count). The molecule has 0 spiro atoms. The predicted molar refractivity (Wildman–Crippen MR) is 59.5 cm³/mol. The lowest BCUT2D eigenvalue weighted by Gasteiger charge is -2.15. The average Bonchev–Trinajstić information content (AvgIpc) is 2.18. The molecule has 0 aliphatic rings. The van der Waals surface area contributed by atoms with Crippen molar-refractivity contribution in [1.29, 1.82) is 0 Å². The maximum absolute atomic E-state index is 4.82. The molecule has 0 fully saturated rings. The lowest BCUT2D eigenvalue weighted by atomic mass is 9.92. The van der Waals surface area contributed by atoms with Gasteiger partial charge < -0.3 is 4.74 Å². The summed E-state index contributed by atoms with van der Waals surface area (Å²) in [7, 11) is 1.61. The number of ether oxygens (including phenoxy) is 1. The van der Waals surface area contributed by atoms with Crippen LogP contribution in [0.2, 0.25) is 0 Å². The van der Waals surface area contributed by atoms with Gasteiger partial charge in [0, 0.05) is 12.5 Å². The summed E-state index contributed by atoms with van der Waals surface area (Å²) in [6.45, 7) is 6.73. The Balaban J connectivity index is 2.79. The molecule has 1 aromatic heterocycles. The molecule has 0 aliphatic heterocycles. The van der Waals surface area contributed by atoms with Gasteiger partial charge >= 0.3 is 0 Å². The van der Waals surface area contributed by atoms with Crippen molar-refractivity contribution < 1.29 is 4.74 Å². The Morgan fingerprint density at radius 3 is 2.47 bits per heavy atom. The summed E-state index contributed by atoms with van der Waals surface area (Å²) in [5.74, 6) is 5.71. The molecular weight excluding hydrogens is 188 g/mol. The first kappa shape index (κ1) is 11.7. The fourth-order valence-corrected chi connectivity index (χ4v) is 0.998. The third-order valence-electron chi connectivity index (χ3n) is 1.87. The fraction of sp³-hybridized carbons (Fsp3) is 0.500. The number of aromatic nitrogens is 2. The van der Waals surface area contributed by atoms with Crippen LogP contribution in [-0.2, 0) is 10.2 Å². The highest BCUT2D eigenvalue weighted by Crippen LogP contribution is 2.18. The van der Waals surface area contributed by atoms with Gasteiger partial charge in [0.2, 0.25) is 0 Å². The van der Waals surface area contributed by atoms with Crippen LogP contribution >= 0.6 is 0 Å². The van der Waals surface area contributed by atoms with Gasteiger partial charge in [-0.1, -0.05) is 26.7 Å². The maximum Gasteiger partial charge on any atom is 0.135 e. The first-order valence-corrected chi connectivity index (χ1v) is 4.86. The second-order valence-corrected chi connectivity index (χ2v) is 4.29. The minimum absolute atomic E-state index is 0.0332. The number of rotatable bonds is 1. The normalized spacial score (nSPS) is 10.7. The molecule has 0 saturated heterocycles. The second-order valence-electron chi connectivity index (χ2n) is 4.29. The highest BCUT2D eigenvalue weighted by molar-refractivity contribution is 5.27.